The normalized spacial score (nSPS) is 21.0. The van der Waals surface area contributed by atoms with Gasteiger partial charge in [-0.2, -0.15) is 5.10 Å². The number of carbonyl (C=O) groups is 1. The zero-order chi connectivity index (χ0) is 15.4. The van der Waals surface area contributed by atoms with Crippen LogP contribution in [0.3, 0.4) is 0 Å². The molecule has 1 aliphatic rings. The summed E-state index contributed by atoms with van der Waals surface area (Å²) >= 11 is 0. The van der Waals surface area contributed by atoms with Gasteiger partial charge in [0.1, 0.15) is 0 Å². The molecule has 22 heavy (non-hydrogen) atoms. The number of benzene rings is 1. The van der Waals surface area contributed by atoms with Gasteiger partial charge >= 0.3 is 0 Å². The third-order valence-electron chi connectivity index (χ3n) is 4.47. The van der Waals surface area contributed by atoms with Crippen LogP contribution in [0.25, 0.3) is 5.69 Å². The van der Waals surface area contributed by atoms with Crippen LogP contribution in [0.2, 0.25) is 0 Å². The Hall–Kier alpha value is -2.14. The summed E-state index contributed by atoms with van der Waals surface area (Å²) in [6.45, 7) is 1.17. The Kier molecular flexibility index (Phi) is 4.53. The Labute approximate surface area is 130 Å². The molecule has 0 radical (unpaired) electrons. The summed E-state index contributed by atoms with van der Waals surface area (Å²) in [4.78, 5) is 12.3. The van der Waals surface area contributed by atoms with Gasteiger partial charge in [0, 0.05) is 24.9 Å². The van der Waals surface area contributed by atoms with Gasteiger partial charge in [0.2, 0.25) is 5.91 Å². The molecule has 1 fully saturated rings. The molecule has 116 valence electrons. The van der Waals surface area contributed by atoms with E-state index in [2.05, 4.69) is 10.4 Å². The van der Waals surface area contributed by atoms with Crippen molar-refractivity contribution in [3.05, 3.63) is 48.3 Å². The summed E-state index contributed by atoms with van der Waals surface area (Å²) in [5, 5.41) is 7.24. The quantitative estimate of drug-likeness (QED) is 0.885. The fourth-order valence-corrected chi connectivity index (χ4v) is 3.17. The van der Waals surface area contributed by atoms with E-state index in [-0.39, 0.29) is 11.8 Å². The largest absolute Gasteiger partial charge is 0.352 e. The van der Waals surface area contributed by atoms with Gasteiger partial charge in [-0.25, -0.2) is 4.68 Å². The minimum atomic E-state index is 0.0911. The van der Waals surface area contributed by atoms with E-state index < -0.39 is 0 Å². The highest BCUT2D eigenvalue weighted by Gasteiger charge is 2.31. The molecule has 2 aromatic rings. The molecule has 0 spiro atoms. The van der Waals surface area contributed by atoms with Crippen LogP contribution in [0.1, 0.15) is 24.8 Å². The predicted octanol–water partition coefficient (Wildman–Crippen LogP) is 1.86. The van der Waals surface area contributed by atoms with Crippen LogP contribution in [-0.2, 0) is 11.3 Å². The van der Waals surface area contributed by atoms with Crippen LogP contribution < -0.4 is 11.1 Å². The topological polar surface area (TPSA) is 72.9 Å². The number of nitrogens with two attached hydrogens (primary N) is 1. The molecule has 1 amide bonds. The molecule has 1 heterocycles. The first-order chi connectivity index (χ1) is 10.8. The van der Waals surface area contributed by atoms with E-state index in [0.29, 0.717) is 19.0 Å². The summed E-state index contributed by atoms with van der Waals surface area (Å²) in [5.74, 6) is 0.583. The van der Waals surface area contributed by atoms with Crippen molar-refractivity contribution in [1.29, 1.82) is 0 Å². The summed E-state index contributed by atoms with van der Waals surface area (Å²) in [6.07, 6.45) is 6.81. The number of carbonyl (C=O) groups excluding carboxylic acids is 1. The number of hydrogen-bond donors (Lipinski definition) is 2. The second-order valence-corrected chi connectivity index (χ2v) is 5.87. The monoisotopic (exact) mass is 298 g/mol. The highest BCUT2D eigenvalue weighted by Crippen LogP contribution is 2.30. The molecule has 1 aromatic carbocycles. The van der Waals surface area contributed by atoms with E-state index in [0.717, 1.165) is 30.5 Å². The Balaban J connectivity index is 1.56. The Morgan fingerprint density at radius 2 is 2.14 bits per heavy atom. The molecule has 0 aliphatic heterocycles. The van der Waals surface area contributed by atoms with Crippen LogP contribution in [0, 0.1) is 11.8 Å². The van der Waals surface area contributed by atoms with Crippen LogP contribution in [0.15, 0.2) is 42.7 Å². The molecular weight excluding hydrogens is 276 g/mol. The number of hydrogen-bond acceptors (Lipinski definition) is 3. The van der Waals surface area contributed by atoms with E-state index in [9.17, 15) is 4.79 Å². The Morgan fingerprint density at radius 1 is 1.32 bits per heavy atom. The lowest BCUT2D eigenvalue weighted by atomic mass is 9.95. The van der Waals surface area contributed by atoms with Gasteiger partial charge in [0.05, 0.1) is 5.69 Å². The zero-order valence-electron chi connectivity index (χ0n) is 12.6. The van der Waals surface area contributed by atoms with Gasteiger partial charge in [-0.3, -0.25) is 4.79 Å². The van der Waals surface area contributed by atoms with E-state index in [1.165, 1.54) is 0 Å². The smallest absolute Gasteiger partial charge is 0.223 e. The summed E-state index contributed by atoms with van der Waals surface area (Å²) in [5.41, 5.74) is 7.85. The second-order valence-electron chi connectivity index (χ2n) is 5.87. The van der Waals surface area contributed by atoms with Crippen molar-refractivity contribution in [3.63, 3.8) is 0 Å². The molecule has 3 N–H and O–H groups in total. The zero-order valence-corrected chi connectivity index (χ0v) is 12.6. The lowest BCUT2D eigenvalue weighted by Crippen LogP contribution is -2.34. The molecule has 1 aliphatic carbocycles. The highest BCUT2D eigenvalue weighted by atomic mass is 16.1. The number of nitrogens with zero attached hydrogens (tertiary/aromatic N) is 2. The van der Waals surface area contributed by atoms with E-state index in [1.807, 2.05) is 41.2 Å². The number of aromatic nitrogens is 2. The molecule has 5 heteroatoms. The van der Waals surface area contributed by atoms with Gasteiger partial charge in [-0.15, -0.1) is 0 Å². The van der Waals surface area contributed by atoms with Crippen molar-refractivity contribution in [1.82, 2.24) is 15.1 Å². The van der Waals surface area contributed by atoms with Crippen molar-refractivity contribution in [2.45, 2.75) is 25.8 Å². The van der Waals surface area contributed by atoms with Gasteiger partial charge in [-0.1, -0.05) is 18.6 Å². The van der Waals surface area contributed by atoms with Gasteiger partial charge in [0.15, 0.2) is 0 Å². The van der Waals surface area contributed by atoms with Gasteiger partial charge in [-0.05, 0) is 49.1 Å². The Bertz CT molecular complexity index is 606. The highest BCUT2D eigenvalue weighted by molar-refractivity contribution is 5.79. The molecule has 3 rings (SSSR count). The summed E-state index contributed by atoms with van der Waals surface area (Å²) in [7, 11) is 0. The van der Waals surface area contributed by atoms with Crippen LogP contribution in [-0.4, -0.2) is 22.2 Å². The fourth-order valence-electron chi connectivity index (χ4n) is 3.17. The maximum Gasteiger partial charge on any atom is 0.223 e. The van der Waals surface area contributed by atoms with Crippen molar-refractivity contribution < 1.29 is 4.79 Å². The average Bonchev–Trinajstić information content (AvgIpc) is 3.24. The van der Waals surface area contributed by atoms with E-state index >= 15 is 0 Å². The minimum absolute atomic E-state index is 0.0911. The number of nitrogens with one attached hydrogen (secondary N) is 1. The molecule has 0 saturated heterocycles. The number of amides is 1. The van der Waals surface area contributed by atoms with Crippen LogP contribution in [0.5, 0.6) is 0 Å². The molecule has 5 nitrogen and oxygen atoms in total. The summed E-state index contributed by atoms with van der Waals surface area (Å²) < 4.78 is 1.81. The number of rotatable bonds is 5. The van der Waals surface area contributed by atoms with Crippen molar-refractivity contribution in [3.8, 4) is 5.69 Å². The van der Waals surface area contributed by atoms with Crippen LogP contribution >= 0.6 is 0 Å². The molecule has 0 unspecified atom stereocenters. The lowest BCUT2D eigenvalue weighted by Gasteiger charge is -2.17. The third-order valence-corrected chi connectivity index (χ3v) is 4.47. The third kappa shape index (κ3) is 3.20. The van der Waals surface area contributed by atoms with Crippen molar-refractivity contribution >= 4 is 5.91 Å². The first-order valence-corrected chi connectivity index (χ1v) is 7.84. The van der Waals surface area contributed by atoms with Crippen LogP contribution in [0.4, 0.5) is 0 Å². The minimum Gasteiger partial charge on any atom is -0.352 e. The maximum absolute atomic E-state index is 12.3. The van der Waals surface area contributed by atoms with Crippen molar-refractivity contribution in [2.75, 3.05) is 6.54 Å². The molecule has 1 aromatic heterocycles. The molecule has 1 saturated carbocycles. The maximum atomic E-state index is 12.3. The first-order valence-electron chi connectivity index (χ1n) is 7.84. The molecular formula is C17H22N4O. The first kappa shape index (κ1) is 14.8. The lowest BCUT2D eigenvalue weighted by molar-refractivity contribution is -0.126. The van der Waals surface area contributed by atoms with E-state index in [4.69, 9.17) is 5.73 Å². The standard InChI is InChI=1S/C17H22N4O/c18-11-14-3-1-4-16(14)17(22)19-12-13-5-7-15(8-6-13)21-10-2-9-20-21/h2,5-10,14,16H,1,3-4,11-12,18H2,(H,19,22)/t14-,16-/m1/s1. The predicted molar refractivity (Wildman–Crippen MR) is 85.3 cm³/mol. The van der Waals surface area contributed by atoms with Gasteiger partial charge in [0.25, 0.3) is 0 Å². The van der Waals surface area contributed by atoms with Gasteiger partial charge < -0.3 is 11.1 Å². The summed E-state index contributed by atoms with van der Waals surface area (Å²) in [6, 6.07) is 9.95. The molecule has 0 bridgehead atoms. The fraction of sp³-hybridized carbons (Fsp3) is 0.412. The molecule has 2 atom stereocenters. The second kappa shape index (κ2) is 6.75. The van der Waals surface area contributed by atoms with Crippen molar-refractivity contribution in [2.24, 2.45) is 17.6 Å². The SMILES string of the molecule is NC[C@H]1CCC[C@H]1C(=O)NCc1ccc(-n2cccn2)cc1. The van der Waals surface area contributed by atoms with E-state index in [1.54, 1.807) is 6.20 Å². The average molecular weight is 298 g/mol. The Morgan fingerprint density at radius 3 is 2.82 bits per heavy atom.